The molecule has 0 aromatic rings. The molecule has 1 saturated heterocycles. The number of unbranched alkanes of at least 4 members (excludes halogenated alkanes) is 1. The molecule has 1 aliphatic heterocycles. The number of hydrogen-bond donors (Lipinski definition) is 0. The van der Waals surface area contributed by atoms with Crippen molar-refractivity contribution in [3.63, 3.8) is 0 Å². The number of carbonyl (C=O) groups is 1. The maximum absolute atomic E-state index is 12.7. The second-order valence-corrected chi connectivity index (χ2v) is 9.93. The van der Waals surface area contributed by atoms with Crippen LogP contribution in [0.5, 0.6) is 0 Å². The van der Waals surface area contributed by atoms with Crippen molar-refractivity contribution in [3.8, 4) is 0 Å². The normalized spacial score (nSPS) is 38.5. The Bertz CT molecular complexity index is 477. The van der Waals surface area contributed by atoms with Crippen LogP contribution in [-0.4, -0.2) is 31.1 Å². The van der Waals surface area contributed by atoms with E-state index >= 15 is 0 Å². The summed E-state index contributed by atoms with van der Waals surface area (Å²) in [6.07, 6.45) is 15.1. The fourth-order valence-corrected chi connectivity index (χ4v) is 5.58. The molecule has 2 saturated carbocycles. The van der Waals surface area contributed by atoms with Gasteiger partial charge in [-0.25, -0.2) is 0 Å². The van der Waals surface area contributed by atoms with Crippen LogP contribution in [0.15, 0.2) is 0 Å². The molecule has 4 nitrogen and oxygen atoms in total. The zero-order valence-electron chi connectivity index (χ0n) is 19.1. The number of esters is 1. The summed E-state index contributed by atoms with van der Waals surface area (Å²) in [6, 6.07) is 0. The summed E-state index contributed by atoms with van der Waals surface area (Å²) in [7, 11) is 0. The first-order valence-corrected chi connectivity index (χ1v) is 12.6. The van der Waals surface area contributed by atoms with Crippen molar-refractivity contribution in [2.45, 2.75) is 123 Å². The third-order valence-electron chi connectivity index (χ3n) is 7.68. The van der Waals surface area contributed by atoms with Crippen molar-refractivity contribution in [1.29, 1.82) is 0 Å². The van der Waals surface area contributed by atoms with Crippen molar-refractivity contribution in [1.82, 2.24) is 0 Å². The summed E-state index contributed by atoms with van der Waals surface area (Å²) in [6.45, 7) is 7.53. The first-order valence-electron chi connectivity index (χ1n) is 12.6. The Morgan fingerprint density at radius 1 is 0.931 bits per heavy atom. The van der Waals surface area contributed by atoms with E-state index in [1.165, 1.54) is 44.9 Å². The van der Waals surface area contributed by atoms with Gasteiger partial charge in [0.25, 0.3) is 0 Å². The molecule has 0 N–H and O–H groups in total. The van der Waals surface area contributed by atoms with Gasteiger partial charge >= 0.3 is 5.97 Å². The van der Waals surface area contributed by atoms with E-state index in [1.54, 1.807) is 0 Å². The first-order chi connectivity index (χ1) is 14.1. The molecule has 3 rings (SSSR count). The van der Waals surface area contributed by atoms with Crippen LogP contribution in [0.1, 0.15) is 104 Å². The average molecular weight is 409 g/mol. The summed E-state index contributed by atoms with van der Waals surface area (Å²) < 4.78 is 18.3. The van der Waals surface area contributed by atoms with Gasteiger partial charge in [0, 0.05) is 11.8 Å². The molecular formula is C25H44O4. The van der Waals surface area contributed by atoms with Crippen LogP contribution < -0.4 is 0 Å². The molecule has 0 spiro atoms. The van der Waals surface area contributed by atoms with Gasteiger partial charge in [0.05, 0.1) is 18.6 Å². The van der Waals surface area contributed by atoms with Crippen LogP contribution in [0.25, 0.3) is 0 Å². The lowest BCUT2D eigenvalue weighted by Gasteiger charge is -2.40. The third kappa shape index (κ3) is 6.69. The molecule has 0 bridgehead atoms. The molecule has 3 unspecified atom stereocenters. The predicted molar refractivity (Wildman–Crippen MR) is 115 cm³/mol. The molecule has 3 atom stereocenters. The highest BCUT2D eigenvalue weighted by molar-refractivity contribution is 5.72. The topological polar surface area (TPSA) is 44.8 Å². The van der Waals surface area contributed by atoms with E-state index in [9.17, 15) is 4.79 Å². The fourth-order valence-electron chi connectivity index (χ4n) is 5.58. The molecule has 168 valence electrons. The van der Waals surface area contributed by atoms with E-state index in [0.29, 0.717) is 11.8 Å². The molecular weight excluding hydrogens is 364 g/mol. The lowest BCUT2D eigenvalue weighted by molar-refractivity contribution is -0.257. The maximum atomic E-state index is 12.7. The van der Waals surface area contributed by atoms with Gasteiger partial charge in [-0.1, -0.05) is 39.5 Å². The largest absolute Gasteiger partial charge is 0.462 e. The van der Waals surface area contributed by atoms with Crippen LogP contribution >= 0.6 is 0 Å². The van der Waals surface area contributed by atoms with E-state index in [1.807, 2.05) is 0 Å². The molecule has 2 aliphatic carbocycles. The SMILES string of the molecule is CCCCC1COC([C@H]2CC[C@H](C(=O)O[C@H]3CC[C@H](CCC)CC3)CC2)OC1C. The van der Waals surface area contributed by atoms with Gasteiger partial charge in [0.1, 0.15) is 6.10 Å². The maximum Gasteiger partial charge on any atom is 0.309 e. The quantitative estimate of drug-likeness (QED) is 0.444. The van der Waals surface area contributed by atoms with Gasteiger partial charge in [-0.3, -0.25) is 4.79 Å². The first kappa shape index (κ1) is 23.1. The van der Waals surface area contributed by atoms with Gasteiger partial charge < -0.3 is 14.2 Å². The van der Waals surface area contributed by atoms with Crippen LogP contribution in [0, 0.1) is 23.7 Å². The minimum absolute atomic E-state index is 0.0564. The average Bonchev–Trinajstić information content (AvgIpc) is 2.74. The molecule has 0 amide bonds. The van der Waals surface area contributed by atoms with Crippen LogP contribution in [0.3, 0.4) is 0 Å². The highest BCUT2D eigenvalue weighted by atomic mass is 16.7. The lowest BCUT2D eigenvalue weighted by atomic mass is 9.81. The Morgan fingerprint density at radius 2 is 1.66 bits per heavy atom. The van der Waals surface area contributed by atoms with Crippen LogP contribution in [-0.2, 0) is 19.0 Å². The molecule has 3 aliphatic rings. The van der Waals surface area contributed by atoms with Crippen molar-refractivity contribution in [3.05, 3.63) is 0 Å². The fraction of sp³-hybridized carbons (Fsp3) is 0.960. The van der Waals surface area contributed by atoms with Crippen LogP contribution in [0.4, 0.5) is 0 Å². The smallest absolute Gasteiger partial charge is 0.309 e. The van der Waals surface area contributed by atoms with Gasteiger partial charge in [0.2, 0.25) is 0 Å². The zero-order chi connectivity index (χ0) is 20.6. The minimum atomic E-state index is -0.0753. The van der Waals surface area contributed by atoms with E-state index < -0.39 is 0 Å². The summed E-state index contributed by atoms with van der Waals surface area (Å²) in [5.41, 5.74) is 0. The summed E-state index contributed by atoms with van der Waals surface area (Å²) in [5, 5.41) is 0. The highest BCUT2D eigenvalue weighted by Gasteiger charge is 2.37. The number of ether oxygens (including phenoxy) is 3. The Labute approximate surface area is 178 Å². The van der Waals surface area contributed by atoms with E-state index in [0.717, 1.165) is 51.0 Å². The monoisotopic (exact) mass is 408 g/mol. The molecule has 0 aromatic carbocycles. The van der Waals surface area contributed by atoms with Gasteiger partial charge in [-0.2, -0.15) is 0 Å². The Morgan fingerprint density at radius 3 is 2.28 bits per heavy atom. The Hall–Kier alpha value is -0.610. The number of hydrogen-bond acceptors (Lipinski definition) is 4. The van der Waals surface area contributed by atoms with E-state index in [2.05, 4.69) is 20.8 Å². The number of carbonyl (C=O) groups excluding carboxylic acids is 1. The minimum Gasteiger partial charge on any atom is -0.462 e. The molecule has 0 aromatic heterocycles. The van der Waals surface area contributed by atoms with Crippen molar-refractivity contribution in [2.75, 3.05) is 6.61 Å². The summed E-state index contributed by atoms with van der Waals surface area (Å²) >= 11 is 0. The predicted octanol–water partition coefficient (Wildman–Crippen LogP) is 6.26. The van der Waals surface area contributed by atoms with Crippen molar-refractivity contribution >= 4 is 5.97 Å². The molecule has 4 heteroatoms. The van der Waals surface area contributed by atoms with Gasteiger partial charge in [-0.05, 0) is 70.6 Å². The van der Waals surface area contributed by atoms with E-state index in [4.69, 9.17) is 14.2 Å². The summed E-state index contributed by atoms with van der Waals surface area (Å²) in [4.78, 5) is 12.7. The number of rotatable bonds is 8. The zero-order valence-corrected chi connectivity index (χ0v) is 19.1. The molecule has 1 heterocycles. The summed E-state index contributed by atoms with van der Waals surface area (Å²) in [5.74, 6) is 1.95. The standard InChI is InChI=1S/C25H44O4/c1-4-6-8-22-17-27-25(28-18(22)3)21-13-11-20(12-14-21)24(26)29-23-15-9-19(7-5-2)10-16-23/h18-23,25H,4-17H2,1-3H3/t18?,19-,20-,21-,22?,23-,25?. The second-order valence-electron chi connectivity index (χ2n) is 9.93. The van der Waals surface area contributed by atoms with Crippen molar-refractivity contribution < 1.29 is 19.0 Å². The third-order valence-corrected chi connectivity index (χ3v) is 7.68. The molecule has 3 fully saturated rings. The van der Waals surface area contributed by atoms with Crippen LogP contribution in [0.2, 0.25) is 0 Å². The lowest BCUT2D eigenvalue weighted by Crippen LogP contribution is -2.43. The van der Waals surface area contributed by atoms with Gasteiger partial charge in [0.15, 0.2) is 6.29 Å². The highest BCUT2D eigenvalue weighted by Crippen LogP contribution is 2.37. The Kier molecular flexibility index (Phi) is 9.30. The Balaban J connectivity index is 1.35. The second kappa shape index (κ2) is 11.7. The van der Waals surface area contributed by atoms with Crippen molar-refractivity contribution in [2.24, 2.45) is 23.7 Å². The molecule has 29 heavy (non-hydrogen) atoms. The molecule has 0 radical (unpaired) electrons. The van der Waals surface area contributed by atoms with Gasteiger partial charge in [-0.15, -0.1) is 0 Å². The van der Waals surface area contributed by atoms with E-state index in [-0.39, 0.29) is 30.4 Å².